The predicted molar refractivity (Wildman–Crippen MR) is 88.5 cm³/mol. The Hall–Kier alpha value is -1.72. The first-order chi connectivity index (χ1) is 11.2. The molecule has 23 heavy (non-hydrogen) atoms. The van der Waals surface area contributed by atoms with Gasteiger partial charge in [-0.3, -0.25) is 19.8 Å². The number of nitrogens with two attached hydrogens (primary N) is 1. The molecule has 1 fully saturated rings. The number of rotatable bonds is 6. The summed E-state index contributed by atoms with van der Waals surface area (Å²) in [6.07, 6.45) is 5.55. The quantitative estimate of drug-likeness (QED) is 0.616. The molecule has 1 saturated heterocycles. The average molecular weight is 315 g/mol. The topological polar surface area (TPSA) is 75.4 Å². The molecule has 0 spiro atoms. The lowest BCUT2D eigenvalue weighted by atomic mass is 9.98. The van der Waals surface area contributed by atoms with Gasteiger partial charge in [-0.25, -0.2) is 0 Å². The largest absolute Gasteiger partial charge is 0.330 e. The van der Waals surface area contributed by atoms with Crippen molar-refractivity contribution in [3.63, 3.8) is 0 Å². The van der Waals surface area contributed by atoms with Crippen molar-refractivity contribution in [2.24, 2.45) is 5.73 Å². The number of amides is 2. The van der Waals surface area contributed by atoms with E-state index in [-0.39, 0.29) is 17.9 Å². The molecule has 3 N–H and O–H groups in total. The van der Waals surface area contributed by atoms with Crippen LogP contribution in [-0.2, 0) is 29.1 Å². The van der Waals surface area contributed by atoms with E-state index in [0.29, 0.717) is 12.8 Å². The summed E-state index contributed by atoms with van der Waals surface area (Å²) in [6, 6.07) is 6.30. The van der Waals surface area contributed by atoms with Crippen LogP contribution in [-0.4, -0.2) is 29.3 Å². The zero-order valence-electron chi connectivity index (χ0n) is 13.5. The minimum absolute atomic E-state index is 0.140. The third kappa shape index (κ3) is 3.62. The molecule has 2 amide bonds. The second-order valence-electron chi connectivity index (χ2n) is 6.53. The first-order valence-electron chi connectivity index (χ1n) is 8.56. The van der Waals surface area contributed by atoms with Crippen molar-refractivity contribution in [2.75, 3.05) is 6.54 Å². The van der Waals surface area contributed by atoms with Crippen molar-refractivity contribution in [2.45, 2.75) is 57.7 Å². The Kier molecular flexibility index (Phi) is 5.08. The van der Waals surface area contributed by atoms with Crippen LogP contribution in [0.25, 0.3) is 0 Å². The van der Waals surface area contributed by atoms with Crippen molar-refractivity contribution in [3.8, 4) is 0 Å². The molecule has 124 valence electrons. The van der Waals surface area contributed by atoms with E-state index >= 15 is 0 Å². The van der Waals surface area contributed by atoms with Crippen LogP contribution in [0.3, 0.4) is 0 Å². The molecular formula is C18H25N3O2. The van der Waals surface area contributed by atoms with Crippen molar-refractivity contribution in [1.29, 1.82) is 0 Å². The maximum Gasteiger partial charge on any atom is 0.243 e. The zero-order chi connectivity index (χ0) is 16.2. The lowest BCUT2D eigenvalue weighted by Crippen LogP contribution is -2.50. The number of piperidine rings is 1. The Labute approximate surface area is 137 Å². The third-order valence-corrected chi connectivity index (χ3v) is 4.91. The van der Waals surface area contributed by atoms with Crippen LogP contribution in [0.5, 0.6) is 0 Å². The van der Waals surface area contributed by atoms with Gasteiger partial charge in [0.05, 0.1) is 6.04 Å². The molecule has 1 aromatic carbocycles. The molecular weight excluding hydrogens is 290 g/mol. The molecule has 0 bridgehead atoms. The highest BCUT2D eigenvalue weighted by Gasteiger charge is 2.35. The molecule has 1 atom stereocenters. The number of aryl methyl sites for hydroxylation is 1. The van der Waals surface area contributed by atoms with Gasteiger partial charge in [-0.05, 0) is 48.9 Å². The minimum Gasteiger partial charge on any atom is -0.330 e. The van der Waals surface area contributed by atoms with Gasteiger partial charge in [-0.2, -0.15) is 0 Å². The highest BCUT2D eigenvalue weighted by atomic mass is 16.2. The normalized spacial score (nSPS) is 21.3. The molecule has 5 heteroatoms. The van der Waals surface area contributed by atoms with Crippen LogP contribution in [0.15, 0.2) is 18.2 Å². The monoisotopic (exact) mass is 315 g/mol. The molecule has 0 radical (unpaired) electrons. The molecule has 5 nitrogen and oxygen atoms in total. The van der Waals surface area contributed by atoms with Crippen LogP contribution in [0, 0.1) is 0 Å². The van der Waals surface area contributed by atoms with Gasteiger partial charge in [0.25, 0.3) is 0 Å². The Morgan fingerprint density at radius 2 is 2.04 bits per heavy atom. The first kappa shape index (κ1) is 16.1. The summed E-state index contributed by atoms with van der Waals surface area (Å²) in [5, 5.41) is 2.46. The van der Waals surface area contributed by atoms with E-state index in [2.05, 4.69) is 28.4 Å². The molecule has 0 aromatic heterocycles. The molecule has 2 aliphatic heterocycles. The van der Waals surface area contributed by atoms with Crippen molar-refractivity contribution in [1.82, 2.24) is 10.2 Å². The number of carbonyl (C=O) groups excluding carboxylic acids is 2. The van der Waals surface area contributed by atoms with Crippen LogP contribution < -0.4 is 11.1 Å². The zero-order valence-corrected chi connectivity index (χ0v) is 13.5. The first-order valence-corrected chi connectivity index (χ1v) is 8.56. The summed E-state index contributed by atoms with van der Waals surface area (Å²) in [7, 11) is 0. The molecule has 2 aliphatic rings. The van der Waals surface area contributed by atoms with E-state index < -0.39 is 0 Å². The van der Waals surface area contributed by atoms with Crippen LogP contribution in [0.1, 0.15) is 48.8 Å². The fraction of sp³-hybridized carbons (Fsp3) is 0.556. The molecule has 1 unspecified atom stereocenters. The van der Waals surface area contributed by atoms with E-state index in [4.69, 9.17) is 5.73 Å². The van der Waals surface area contributed by atoms with E-state index in [1.165, 1.54) is 16.7 Å². The number of hydrogen-bond donors (Lipinski definition) is 2. The molecule has 1 aromatic rings. The summed E-state index contributed by atoms with van der Waals surface area (Å²) in [5.41, 5.74) is 9.66. The summed E-state index contributed by atoms with van der Waals surface area (Å²) in [6.45, 7) is 2.38. The number of benzene rings is 1. The van der Waals surface area contributed by atoms with Crippen molar-refractivity contribution < 1.29 is 9.59 Å². The van der Waals surface area contributed by atoms with Gasteiger partial charge in [0.15, 0.2) is 0 Å². The Morgan fingerprint density at radius 1 is 1.17 bits per heavy atom. The van der Waals surface area contributed by atoms with Crippen LogP contribution in [0.4, 0.5) is 0 Å². The van der Waals surface area contributed by atoms with E-state index in [0.717, 1.165) is 45.3 Å². The molecule has 2 heterocycles. The Bertz CT molecular complexity index is 600. The number of imide groups is 1. The smallest absolute Gasteiger partial charge is 0.243 e. The number of nitrogens with zero attached hydrogens (tertiary/aromatic N) is 1. The number of carbonyl (C=O) groups is 2. The van der Waals surface area contributed by atoms with E-state index in [1.54, 1.807) is 0 Å². The van der Waals surface area contributed by atoms with Gasteiger partial charge in [0.1, 0.15) is 0 Å². The van der Waals surface area contributed by atoms with E-state index in [9.17, 15) is 9.59 Å². The fourth-order valence-corrected chi connectivity index (χ4v) is 3.64. The summed E-state index contributed by atoms with van der Waals surface area (Å²) >= 11 is 0. The second kappa shape index (κ2) is 7.23. The lowest BCUT2D eigenvalue weighted by molar-refractivity contribution is -0.137. The third-order valence-electron chi connectivity index (χ3n) is 4.91. The van der Waals surface area contributed by atoms with Crippen molar-refractivity contribution >= 4 is 11.8 Å². The van der Waals surface area contributed by atoms with Crippen LogP contribution >= 0.6 is 0 Å². The van der Waals surface area contributed by atoms with Crippen LogP contribution in [0.2, 0.25) is 0 Å². The molecule has 0 saturated carbocycles. The minimum atomic E-state index is -0.176. The molecule has 0 aliphatic carbocycles. The van der Waals surface area contributed by atoms with Gasteiger partial charge in [0, 0.05) is 19.5 Å². The van der Waals surface area contributed by atoms with Gasteiger partial charge in [-0.15, -0.1) is 0 Å². The summed E-state index contributed by atoms with van der Waals surface area (Å²) in [4.78, 5) is 25.6. The number of hydrogen-bond acceptors (Lipinski definition) is 4. The number of fused-ring (bicyclic) bond motifs is 1. The number of unbranched alkanes of at least 4 members (excludes halogenated alkanes) is 2. The lowest BCUT2D eigenvalue weighted by Gasteiger charge is -2.29. The highest BCUT2D eigenvalue weighted by Crippen LogP contribution is 2.30. The Morgan fingerprint density at radius 3 is 2.83 bits per heavy atom. The highest BCUT2D eigenvalue weighted by molar-refractivity contribution is 6.00. The van der Waals surface area contributed by atoms with Gasteiger partial charge >= 0.3 is 0 Å². The number of nitrogens with one attached hydrogen (secondary N) is 1. The predicted octanol–water partition coefficient (Wildman–Crippen LogP) is 1.48. The average Bonchev–Trinajstić information content (AvgIpc) is 2.96. The van der Waals surface area contributed by atoms with E-state index in [1.807, 2.05) is 0 Å². The van der Waals surface area contributed by atoms with Crippen molar-refractivity contribution in [3.05, 3.63) is 34.9 Å². The molecule has 3 rings (SSSR count). The fourth-order valence-electron chi connectivity index (χ4n) is 3.64. The SMILES string of the molecule is NCCCCCc1cccc2c1CN(C1CCC(=O)NC1=O)C2. The Balaban J connectivity index is 1.66. The standard InChI is InChI=1S/C18H25N3O2/c19-10-3-1-2-5-13-6-4-7-14-11-21(12-15(13)14)16-8-9-17(22)20-18(16)23/h4,6-7,16H,1-3,5,8-12,19H2,(H,20,22,23). The van der Waals surface area contributed by atoms with Gasteiger partial charge in [0.2, 0.25) is 11.8 Å². The maximum atomic E-state index is 12.1. The van der Waals surface area contributed by atoms with Gasteiger partial charge < -0.3 is 5.73 Å². The maximum absolute atomic E-state index is 12.1. The summed E-state index contributed by atoms with van der Waals surface area (Å²) in [5.74, 6) is -0.290. The second-order valence-corrected chi connectivity index (χ2v) is 6.53. The van der Waals surface area contributed by atoms with Gasteiger partial charge in [-0.1, -0.05) is 24.6 Å². The summed E-state index contributed by atoms with van der Waals surface area (Å²) < 4.78 is 0.